The standard InChI is InChI=1S/C21H21FN4O2/c22-17-5-3-14(4-6-17)18-12-19(26-25-18)21(27)24-20(15-7-10-28-11-8-15)16-2-1-9-23-13-16/h1-6,9,12-13,15,20H,7-8,10-11H2,(H,24,27)(H,25,26)/t20-/m0/s1. The lowest BCUT2D eigenvalue weighted by Gasteiger charge is -2.31. The molecular weight excluding hydrogens is 359 g/mol. The summed E-state index contributed by atoms with van der Waals surface area (Å²) >= 11 is 0. The summed E-state index contributed by atoms with van der Waals surface area (Å²) < 4.78 is 18.6. The zero-order valence-corrected chi connectivity index (χ0v) is 15.3. The number of aromatic nitrogens is 3. The van der Waals surface area contributed by atoms with Crippen LogP contribution in [0.4, 0.5) is 4.39 Å². The van der Waals surface area contributed by atoms with Crippen molar-refractivity contribution in [1.82, 2.24) is 20.5 Å². The fourth-order valence-electron chi connectivity index (χ4n) is 3.51. The third-order valence-corrected chi connectivity index (χ3v) is 5.03. The van der Waals surface area contributed by atoms with Crippen molar-refractivity contribution >= 4 is 5.91 Å². The first-order valence-corrected chi connectivity index (χ1v) is 9.30. The van der Waals surface area contributed by atoms with Gasteiger partial charge in [-0.05, 0) is 60.7 Å². The molecule has 2 aromatic heterocycles. The van der Waals surface area contributed by atoms with Crippen molar-refractivity contribution in [3.05, 3.63) is 71.9 Å². The summed E-state index contributed by atoms with van der Waals surface area (Å²) in [6.45, 7) is 1.38. The Bertz CT molecular complexity index is 921. The Morgan fingerprint density at radius 1 is 1.21 bits per heavy atom. The molecule has 0 radical (unpaired) electrons. The third kappa shape index (κ3) is 4.09. The van der Waals surface area contributed by atoms with Gasteiger partial charge >= 0.3 is 0 Å². The molecule has 7 heteroatoms. The van der Waals surface area contributed by atoms with Gasteiger partial charge < -0.3 is 10.1 Å². The van der Waals surface area contributed by atoms with Crippen molar-refractivity contribution in [2.75, 3.05) is 13.2 Å². The summed E-state index contributed by atoms with van der Waals surface area (Å²) in [7, 11) is 0. The Morgan fingerprint density at radius 2 is 2.00 bits per heavy atom. The maximum absolute atomic E-state index is 13.1. The van der Waals surface area contributed by atoms with E-state index in [2.05, 4.69) is 20.5 Å². The van der Waals surface area contributed by atoms with Gasteiger partial charge in [0.1, 0.15) is 11.5 Å². The van der Waals surface area contributed by atoms with E-state index in [0.717, 1.165) is 24.0 Å². The number of benzene rings is 1. The minimum Gasteiger partial charge on any atom is -0.381 e. The van der Waals surface area contributed by atoms with Gasteiger partial charge in [-0.15, -0.1) is 0 Å². The summed E-state index contributed by atoms with van der Waals surface area (Å²) in [6, 6.07) is 11.4. The van der Waals surface area contributed by atoms with Gasteiger partial charge in [0.25, 0.3) is 5.91 Å². The number of hydrogen-bond donors (Lipinski definition) is 2. The number of ether oxygens (including phenoxy) is 1. The SMILES string of the molecule is O=C(N[C@H](c1cccnc1)C1CCOCC1)c1cc(-c2ccc(F)cc2)n[nH]1. The van der Waals surface area contributed by atoms with Crippen molar-refractivity contribution in [2.45, 2.75) is 18.9 Å². The van der Waals surface area contributed by atoms with E-state index in [1.165, 1.54) is 12.1 Å². The highest BCUT2D eigenvalue weighted by atomic mass is 19.1. The number of nitrogens with zero attached hydrogens (tertiary/aromatic N) is 2. The molecule has 0 unspecified atom stereocenters. The Hall–Kier alpha value is -3.06. The molecule has 0 aliphatic carbocycles. The molecule has 28 heavy (non-hydrogen) atoms. The molecule has 1 aromatic carbocycles. The van der Waals surface area contributed by atoms with E-state index >= 15 is 0 Å². The predicted molar refractivity (Wildman–Crippen MR) is 102 cm³/mol. The van der Waals surface area contributed by atoms with Crippen molar-refractivity contribution < 1.29 is 13.9 Å². The lowest BCUT2D eigenvalue weighted by atomic mass is 9.87. The summed E-state index contributed by atoms with van der Waals surface area (Å²) in [5.41, 5.74) is 2.67. The normalized spacial score (nSPS) is 15.9. The summed E-state index contributed by atoms with van der Waals surface area (Å²) in [5, 5.41) is 10.1. The fraction of sp³-hybridized carbons (Fsp3) is 0.286. The Labute approximate surface area is 162 Å². The predicted octanol–water partition coefficient (Wildman–Crippen LogP) is 3.51. The van der Waals surface area contributed by atoms with Crippen LogP contribution in [0.5, 0.6) is 0 Å². The number of aromatic amines is 1. The maximum atomic E-state index is 13.1. The molecule has 144 valence electrons. The van der Waals surface area contributed by atoms with Crippen molar-refractivity contribution in [3.63, 3.8) is 0 Å². The number of amides is 1. The summed E-state index contributed by atoms with van der Waals surface area (Å²) in [5.74, 6) is -0.268. The zero-order chi connectivity index (χ0) is 19.3. The van der Waals surface area contributed by atoms with Gasteiger partial charge in [0.05, 0.1) is 11.7 Å². The highest BCUT2D eigenvalue weighted by Crippen LogP contribution is 2.30. The van der Waals surface area contributed by atoms with E-state index in [1.54, 1.807) is 30.6 Å². The maximum Gasteiger partial charge on any atom is 0.269 e. The van der Waals surface area contributed by atoms with Gasteiger partial charge in [0, 0.05) is 31.2 Å². The molecule has 1 fully saturated rings. The molecular formula is C21H21FN4O2. The molecule has 2 N–H and O–H groups in total. The van der Waals surface area contributed by atoms with Crippen LogP contribution in [-0.4, -0.2) is 34.3 Å². The van der Waals surface area contributed by atoms with E-state index in [1.807, 2.05) is 12.1 Å². The second kappa shape index (κ2) is 8.31. The molecule has 6 nitrogen and oxygen atoms in total. The third-order valence-electron chi connectivity index (χ3n) is 5.03. The molecule has 0 saturated carbocycles. The lowest BCUT2D eigenvalue weighted by molar-refractivity contribution is 0.0513. The molecule has 3 heterocycles. The molecule has 1 saturated heterocycles. The van der Waals surface area contributed by atoms with E-state index in [9.17, 15) is 9.18 Å². The first-order valence-electron chi connectivity index (χ1n) is 9.30. The van der Waals surface area contributed by atoms with Gasteiger partial charge in [-0.2, -0.15) is 5.10 Å². The van der Waals surface area contributed by atoms with Crippen LogP contribution < -0.4 is 5.32 Å². The second-order valence-electron chi connectivity index (χ2n) is 6.86. The van der Waals surface area contributed by atoms with Crippen molar-refractivity contribution in [2.24, 2.45) is 5.92 Å². The number of carbonyl (C=O) groups is 1. The molecule has 4 rings (SSSR count). The van der Waals surface area contributed by atoms with Crippen LogP contribution in [0.25, 0.3) is 11.3 Å². The summed E-state index contributed by atoms with van der Waals surface area (Å²) in [4.78, 5) is 17.1. The Morgan fingerprint density at radius 3 is 2.71 bits per heavy atom. The molecule has 3 aromatic rings. The average molecular weight is 380 g/mol. The topological polar surface area (TPSA) is 79.9 Å². The molecule has 1 atom stereocenters. The van der Waals surface area contributed by atoms with Crippen LogP contribution in [0.1, 0.15) is 34.9 Å². The van der Waals surface area contributed by atoms with Gasteiger partial charge in [0.2, 0.25) is 0 Å². The quantitative estimate of drug-likeness (QED) is 0.710. The van der Waals surface area contributed by atoms with Crippen molar-refractivity contribution in [3.8, 4) is 11.3 Å². The van der Waals surface area contributed by atoms with Crippen molar-refractivity contribution in [1.29, 1.82) is 0 Å². The van der Waals surface area contributed by atoms with Gasteiger partial charge in [-0.25, -0.2) is 4.39 Å². The van der Waals surface area contributed by atoms with E-state index in [-0.39, 0.29) is 23.7 Å². The van der Waals surface area contributed by atoms with Gasteiger partial charge in [-0.1, -0.05) is 6.07 Å². The fourth-order valence-corrected chi connectivity index (χ4v) is 3.51. The number of hydrogen-bond acceptors (Lipinski definition) is 4. The first kappa shape index (κ1) is 18.3. The highest BCUT2D eigenvalue weighted by Gasteiger charge is 2.28. The van der Waals surface area contributed by atoms with E-state index < -0.39 is 0 Å². The van der Waals surface area contributed by atoms with Crippen LogP contribution in [0.3, 0.4) is 0 Å². The van der Waals surface area contributed by atoms with E-state index in [4.69, 9.17) is 4.74 Å². The van der Waals surface area contributed by atoms with Gasteiger partial charge in [0.15, 0.2) is 0 Å². The molecule has 0 spiro atoms. The number of pyridine rings is 1. The summed E-state index contributed by atoms with van der Waals surface area (Å²) in [6.07, 6.45) is 5.26. The molecule has 0 bridgehead atoms. The molecule has 1 amide bonds. The Balaban J connectivity index is 1.53. The average Bonchev–Trinajstić information content (AvgIpc) is 3.24. The van der Waals surface area contributed by atoms with E-state index in [0.29, 0.717) is 24.6 Å². The molecule has 1 aliphatic rings. The number of rotatable bonds is 5. The number of carbonyl (C=O) groups excluding carboxylic acids is 1. The number of halogens is 1. The minimum atomic E-state index is -0.312. The number of nitrogens with one attached hydrogen (secondary N) is 2. The van der Waals surface area contributed by atoms with Gasteiger partial charge in [-0.3, -0.25) is 14.9 Å². The van der Waals surface area contributed by atoms with Crippen LogP contribution >= 0.6 is 0 Å². The smallest absolute Gasteiger partial charge is 0.269 e. The van der Waals surface area contributed by atoms with Crippen LogP contribution in [0.2, 0.25) is 0 Å². The first-order chi connectivity index (χ1) is 13.7. The van der Waals surface area contributed by atoms with Crippen LogP contribution in [-0.2, 0) is 4.74 Å². The number of H-pyrrole nitrogens is 1. The second-order valence-corrected chi connectivity index (χ2v) is 6.86. The lowest BCUT2D eigenvalue weighted by Crippen LogP contribution is -2.36. The molecule has 1 aliphatic heterocycles. The minimum absolute atomic E-state index is 0.150. The largest absolute Gasteiger partial charge is 0.381 e. The highest BCUT2D eigenvalue weighted by molar-refractivity contribution is 5.93. The van der Waals surface area contributed by atoms with Crippen LogP contribution in [0, 0.1) is 11.7 Å². The monoisotopic (exact) mass is 380 g/mol. The zero-order valence-electron chi connectivity index (χ0n) is 15.3. The van der Waals surface area contributed by atoms with Crippen LogP contribution in [0.15, 0.2) is 54.9 Å². The Kier molecular flexibility index (Phi) is 5.43.